The summed E-state index contributed by atoms with van der Waals surface area (Å²) in [5.41, 5.74) is 2.03. The summed E-state index contributed by atoms with van der Waals surface area (Å²) in [4.78, 5) is 16.8. The number of amides is 1. The molecular formula is C23H21N5O4S. The van der Waals surface area contributed by atoms with Crippen molar-refractivity contribution < 1.29 is 17.9 Å². The summed E-state index contributed by atoms with van der Waals surface area (Å²) in [7, 11) is -2.36. The van der Waals surface area contributed by atoms with Crippen LogP contribution in [0.3, 0.4) is 0 Å². The summed E-state index contributed by atoms with van der Waals surface area (Å²) in [6, 6.07) is 19.7. The maximum absolute atomic E-state index is 12.9. The number of ether oxygens (including phenoxy) is 1. The van der Waals surface area contributed by atoms with E-state index in [1.54, 1.807) is 53.5 Å². The Labute approximate surface area is 191 Å². The van der Waals surface area contributed by atoms with Crippen molar-refractivity contribution in [1.82, 2.24) is 14.8 Å². The van der Waals surface area contributed by atoms with Crippen LogP contribution in [0, 0.1) is 0 Å². The number of para-hydroxylation sites is 1. The first-order valence-electron chi connectivity index (χ1n) is 9.93. The minimum absolute atomic E-state index is 0.0260. The highest BCUT2D eigenvalue weighted by atomic mass is 32.2. The maximum atomic E-state index is 12.9. The van der Waals surface area contributed by atoms with E-state index in [2.05, 4.69) is 20.1 Å². The number of aromatic nitrogens is 3. The lowest BCUT2D eigenvalue weighted by molar-refractivity contribution is 0.102. The Morgan fingerprint density at radius 2 is 1.82 bits per heavy atom. The Hall–Kier alpha value is -4.18. The summed E-state index contributed by atoms with van der Waals surface area (Å²) in [5.74, 6) is 0.184. The molecule has 0 unspecified atom stereocenters. The van der Waals surface area contributed by atoms with Crippen LogP contribution < -0.4 is 14.8 Å². The molecule has 0 fully saturated rings. The van der Waals surface area contributed by atoms with E-state index in [-0.39, 0.29) is 10.5 Å². The molecule has 10 heteroatoms. The van der Waals surface area contributed by atoms with Gasteiger partial charge in [0.25, 0.3) is 15.9 Å². The number of methoxy groups -OCH3 is 1. The Kier molecular flexibility index (Phi) is 6.36. The normalized spacial score (nSPS) is 11.1. The van der Waals surface area contributed by atoms with Gasteiger partial charge >= 0.3 is 0 Å². The lowest BCUT2D eigenvalue weighted by Crippen LogP contribution is -2.17. The third kappa shape index (κ3) is 5.36. The molecule has 0 radical (unpaired) electrons. The number of nitrogens with one attached hydrogen (secondary N) is 2. The number of benzene rings is 3. The standard InChI is InChI=1S/C23H21N5O4S/c1-32-20-11-9-19(10-12-20)27-33(30,31)21-7-4-6-17(13-21)23(29)26-22-8-3-2-5-18(22)14-28-16-24-15-25-28/h2-13,15-16,27H,14H2,1H3,(H,26,29). The Morgan fingerprint density at radius 1 is 1.03 bits per heavy atom. The van der Waals surface area contributed by atoms with E-state index in [0.717, 1.165) is 5.56 Å². The first kappa shape index (κ1) is 22.0. The zero-order valence-electron chi connectivity index (χ0n) is 17.7. The van der Waals surface area contributed by atoms with Crippen molar-refractivity contribution in [3.8, 4) is 5.75 Å². The third-order valence-electron chi connectivity index (χ3n) is 4.81. The number of carbonyl (C=O) groups excluding carboxylic acids is 1. The van der Waals surface area contributed by atoms with E-state index in [0.29, 0.717) is 23.7 Å². The monoisotopic (exact) mass is 463 g/mol. The summed E-state index contributed by atoms with van der Waals surface area (Å²) in [6.07, 6.45) is 3.02. The quantitative estimate of drug-likeness (QED) is 0.414. The molecule has 0 aliphatic carbocycles. The fourth-order valence-corrected chi connectivity index (χ4v) is 4.25. The number of nitrogens with zero attached hydrogens (tertiary/aromatic N) is 3. The molecule has 9 nitrogen and oxygen atoms in total. The van der Waals surface area contributed by atoms with Gasteiger partial charge in [-0.15, -0.1) is 0 Å². The number of anilines is 2. The van der Waals surface area contributed by atoms with Crippen LogP contribution in [0.1, 0.15) is 15.9 Å². The van der Waals surface area contributed by atoms with Crippen LogP contribution in [-0.4, -0.2) is 36.2 Å². The fraction of sp³-hybridized carbons (Fsp3) is 0.0870. The summed E-state index contributed by atoms with van der Waals surface area (Å²) in [5, 5.41) is 6.94. The number of sulfonamides is 1. The average molecular weight is 464 g/mol. The first-order chi connectivity index (χ1) is 15.9. The molecule has 3 aromatic carbocycles. The fourth-order valence-electron chi connectivity index (χ4n) is 3.14. The van der Waals surface area contributed by atoms with Gasteiger partial charge in [-0.05, 0) is 54.1 Å². The zero-order chi connectivity index (χ0) is 23.3. The second kappa shape index (κ2) is 9.53. The van der Waals surface area contributed by atoms with Gasteiger partial charge < -0.3 is 10.1 Å². The average Bonchev–Trinajstić information content (AvgIpc) is 3.34. The molecule has 2 N–H and O–H groups in total. The van der Waals surface area contributed by atoms with Gasteiger partial charge in [0.2, 0.25) is 0 Å². The van der Waals surface area contributed by atoms with Crippen LogP contribution in [0.4, 0.5) is 11.4 Å². The molecule has 0 aliphatic rings. The lowest BCUT2D eigenvalue weighted by Gasteiger charge is -2.12. The van der Waals surface area contributed by atoms with E-state index in [9.17, 15) is 13.2 Å². The molecular weight excluding hydrogens is 442 g/mol. The molecule has 0 saturated heterocycles. The molecule has 4 rings (SSSR count). The molecule has 1 aromatic heterocycles. The number of hydrogen-bond acceptors (Lipinski definition) is 6. The van der Waals surface area contributed by atoms with Crippen molar-refractivity contribution in [2.24, 2.45) is 0 Å². The van der Waals surface area contributed by atoms with Crippen molar-refractivity contribution in [1.29, 1.82) is 0 Å². The Bertz CT molecular complexity index is 1350. The highest BCUT2D eigenvalue weighted by Crippen LogP contribution is 2.21. The van der Waals surface area contributed by atoms with Crippen LogP contribution in [-0.2, 0) is 16.6 Å². The second-order valence-electron chi connectivity index (χ2n) is 7.07. The van der Waals surface area contributed by atoms with Crippen molar-refractivity contribution in [3.63, 3.8) is 0 Å². The van der Waals surface area contributed by atoms with Crippen LogP contribution in [0.15, 0.2) is 90.3 Å². The zero-order valence-corrected chi connectivity index (χ0v) is 18.5. The van der Waals surface area contributed by atoms with Gasteiger partial charge in [-0.1, -0.05) is 24.3 Å². The molecule has 1 heterocycles. The predicted molar refractivity (Wildman–Crippen MR) is 124 cm³/mol. The number of carbonyl (C=O) groups is 1. The predicted octanol–water partition coefficient (Wildman–Crippen LogP) is 3.39. The minimum Gasteiger partial charge on any atom is -0.497 e. The molecule has 0 atom stereocenters. The van der Waals surface area contributed by atoms with E-state index >= 15 is 0 Å². The van der Waals surface area contributed by atoms with Gasteiger partial charge in [0.05, 0.1) is 18.6 Å². The number of rotatable bonds is 8. The molecule has 0 saturated carbocycles. The highest BCUT2D eigenvalue weighted by molar-refractivity contribution is 7.92. The van der Waals surface area contributed by atoms with Crippen molar-refractivity contribution >= 4 is 27.3 Å². The van der Waals surface area contributed by atoms with Crippen LogP contribution in [0.25, 0.3) is 0 Å². The third-order valence-corrected chi connectivity index (χ3v) is 6.19. The molecule has 0 spiro atoms. The topological polar surface area (TPSA) is 115 Å². The Balaban J connectivity index is 1.52. The minimum atomic E-state index is -3.89. The van der Waals surface area contributed by atoms with Gasteiger partial charge in [0.15, 0.2) is 0 Å². The van der Waals surface area contributed by atoms with Crippen LogP contribution in [0.5, 0.6) is 5.75 Å². The van der Waals surface area contributed by atoms with Crippen molar-refractivity contribution in [2.45, 2.75) is 11.4 Å². The van der Waals surface area contributed by atoms with Crippen LogP contribution in [0.2, 0.25) is 0 Å². The highest BCUT2D eigenvalue weighted by Gasteiger charge is 2.17. The van der Waals surface area contributed by atoms with Gasteiger partial charge in [0.1, 0.15) is 18.4 Å². The van der Waals surface area contributed by atoms with E-state index in [4.69, 9.17) is 4.74 Å². The summed E-state index contributed by atoms with van der Waals surface area (Å²) < 4.78 is 34.9. The molecule has 33 heavy (non-hydrogen) atoms. The van der Waals surface area contributed by atoms with Gasteiger partial charge in [-0.2, -0.15) is 5.10 Å². The smallest absolute Gasteiger partial charge is 0.261 e. The second-order valence-corrected chi connectivity index (χ2v) is 8.75. The Morgan fingerprint density at radius 3 is 2.55 bits per heavy atom. The SMILES string of the molecule is COc1ccc(NS(=O)(=O)c2cccc(C(=O)Nc3ccccc3Cn3cncn3)c2)cc1. The molecule has 168 valence electrons. The molecule has 0 bridgehead atoms. The van der Waals surface area contributed by atoms with Crippen molar-refractivity contribution in [2.75, 3.05) is 17.1 Å². The van der Waals surface area contributed by atoms with Gasteiger partial charge in [0, 0.05) is 16.9 Å². The maximum Gasteiger partial charge on any atom is 0.261 e. The molecule has 0 aliphatic heterocycles. The van der Waals surface area contributed by atoms with Gasteiger partial charge in [-0.25, -0.2) is 18.1 Å². The van der Waals surface area contributed by atoms with E-state index in [1.807, 2.05) is 12.1 Å². The van der Waals surface area contributed by atoms with Crippen molar-refractivity contribution in [3.05, 3.63) is 96.6 Å². The summed E-state index contributed by atoms with van der Waals surface area (Å²) >= 11 is 0. The summed E-state index contributed by atoms with van der Waals surface area (Å²) in [6.45, 7) is 0.427. The molecule has 4 aromatic rings. The molecule has 1 amide bonds. The van der Waals surface area contributed by atoms with Gasteiger partial charge in [-0.3, -0.25) is 9.52 Å². The first-order valence-corrected chi connectivity index (χ1v) is 11.4. The van der Waals surface area contributed by atoms with E-state index in [1.165, 1.54) is 31.6 Å². The van der Waals surface area contributed by atoms with Crippen LogP contribution >= 0.6 is 0 Å². The number of hydrogen-bond donors (Lipinski definition) is 2. The lowest BCUT2D eigenvalue weighted by atomic mass is 10.1. The largest absolute Gasteiger partial charge is 0.497 e. The van der Waals surface area contributed by atoms with E-state index < -0.39 is 15.9 Å².